The number of imide groups is 1. The van der Waals surface area contributed by atoms with Gasteiger partial charge in [0.1, 0.15) is 35.8 Å². The van der Waals surface area contributed by atoms with Gasteiger partial charge in [-0.2, -0.15) is 9.28 Å². The first-order valence-electron chi connectivity index (χ1n) is 12.7. The zero-order chi connectivity index (χ0) is 27.6. The van der Waals surface area contributed by atoms with Crippen molar-refractivity contribution in [2.24, 2.45) is 0 Å². The second kappa shape index (κ2) is 10.6. The van der Waals surface area contributed by atoms with E-state index >= 15 is 0 Å². The molecule has 1 N–H and O–H groups in total. The summed E-state index contributed by atoms with van der Waals surface area (Å²) in [6, 6.07) is 24.4. The lowest BCUT2D eigenvalue weighted by atomic mass is 9.63. The minimum absolute atomic E-state index is 0.0794. The Bertz CT molecular complexity index is 1200. The summed E-state index contributed by atoms with van der Waals surface area (Å²) >= 11 is 0. The number of carbonyl (C=O) groups is 2. The van der Waals surface area contributed by atoms with E-state index in [1.54, 1.807) is 35.0 Å². The highest BCUT2D eigenvalue weighted by molar-refractivity contribution is 5.71. The Morgan fingerprint density at radius 2 is 1.32 bits per heavy atom. The summed E-state index contributed by atoms with van der Waals surface area (Å²) in [6.45, 7) is 5.23. The van der Waals surface area contributed by atoms with Crippen molar-refractivity contribution in [1.82, 2.24) is 0 Å². The summed E-state index contributed by atoms with van der Waals surface area (Å²) in [5.41, 5.74) is 0.736. The molecule has 1 aliphatic heterocycles. The van der Waals surface area contributed by atoms with Crippen LogP contribution in [0.3, 0.4) is 0 Å². The van der Waals surface area contributed by atoms with Crippen LogP contribution in [-0.4, -0.2) is 60.6 Å². The average molecular weight is 519 g/mol. The molecule has 7 nitrogen and oxygen atoms in total. The van der Waals surface area contributed by atoms with E-state index in [0.717, 1.165) is 16.7 Å². The highest BCUT2D eigenvalue weighted by Crippen LogP contribution is 2.50. The average Bonchev–Trinajstić information content (AvgIpc) is 3.27. The van der Waals surface area contributed by atoms with E-state index in [9.17, 15) is 14.7 Å². The lowest BCUT2D eigenvalue weighted by Crippen LogP contribution is -2.64. The van der Waals surface area contributed by atoms with Crippen LogP contribution in [-0.2, 0) is 14.9 Å². The van der Waals surface area contributed by atoms with Gasteiger partial charge in [-0.15, -0.1) is 0 Å². The van der Waals surface area contributed by atoms with Crippen molar-refractivity contribution in [3.05, 3.63) is 95.6 Å². The van der Waals surface area contributed by atoms with Gasteiger partial charge < -0.3 is 19.3 Å². The highest BCUT2D eigenvalue weighted by Gasteiger charge is 2.64. The Balaban J connectivity index is 2.09. The molecule has 1 saturated heterocycles. The molecule has 3 aromatic rings. The first kappa shape index (κ1) is 27.4. The number of carbonyl (C=O) groups excluding carboxylic acids is 2. The number of rotatable bonds is 7. The number of hydrogen-bond donors (Lipinski definition) is 1. The molecule has 0 radical (unpaired) electrons. The number of ether oxygens (including phenoxy) is 3. The number of hydrogen-bond acceptors (Lipinski definition) is 6. The number of benzene rings is 3. The first-order valence-corrected chi connectivity index (χ1v) is 12.7. The molecule has 0 bridgehead atoms. The molecular formula is C31H36NO6+. The van der Waals surface area contributed by atoms with Gasteiger partial charge in [0, 0.05) is 6.42 Å². The molecule has 1 heterocycles. The number of quaternary nitrogens is 1. The summed E-state index contributed by atoms with van der Waals surface area (Å²) in [5, 5.41) is 11.1. The fraction of sp³-hybridized carbons (Fsp3) is 0.355. The van der Waals surface area contributed by atoms with Crippen molar-refractivity contribution in [2.75, 3.05) is 20.8 Å². The molecule has 0 spiro atoms. The molecule has 0 aromatic heterocycles. The van der Waals surface area contributed by atoms with E-state index in [1.807, 2.05) is 78.9 Å². The van der Waals surface area contributed by atoms with E-state index in [0.29, 0.717) is 17.9 Å². The van der Waals surface area contributed by atoms with Gasteiger partial charge in [-0.05, 0) is 61.7 Å². The van der Waals surface area contributed by atoms with Crippen LogP contribution in [0.25, 0.3) is 0 Å². The molecule has 38 heavy (non-hydrogen) atoms. The lowest BCUT2D eigenvalue weighted by molar-refractivity contribution is -0.792. The predicted octanol–water partition coefficient (Wildman–Crippen LogP) is 5.08. The summed E-state index contributed by atoms with van der Waals surface area (Å²) in [4.78, 5) is 27.0. The van der Waals surface area contributed by atoms with Gasteiger partial charge in [0.2, 0.25) is 0 Å². The minimum atomic E-state index is -1.02. The second-order valence-electron chi connectivity index (χ2n) is 10.7. The third kappa shape index (κ3) is 4.79. The predicted molar refractivity (Wildman–Crippen MR) is 144 cm³/mol. The maximum Gasteiger partial charge on any atom is 0.524 e. The maximum atomic E-state index is 13.9. The molecule has 1 aliphatic rings. The zero-order valence-corrected chi connectivity index (χ0v) is 22.6. The Morgan fingerprint density at radius 1 is 0.842 bits per heavy atom. The van der Waals surface area contributed by atoms with Crippen molar-refractivity contribution in [1.29, 1.82) is 0 Å². The highest BCUT2D eigenvalue weighted by atomic mass is 16.6. The third-order valence-corrected chi connectivity index (χ3v) is 7.31. The minimum Gasteiger partial charge on any atom is -0.497 e. The van der Waals surface area contributed by atoms with Gasteiger partial charge in [0.25, 0.3) is 0 Å². The number of amides is 2. The van der Waals surface area contributed by atoms with Gasteiger partial charge in [-0.25, -0.2) is 4.79 Å². The molecular weight excluding hydrogens is 482 g/mol. The van der Waals surface area contributed by atoms with Gasteiger partial charge in [-0.3, -0.25) is 0 Å². The molecule has 2 amide bonds. The number of aliphatic hydroxyl groups excluding tert-OH is 1. The van der Waals surface area contributed by atoms with E-state index in [1.165, 1.54) is 0 Å². The zero-order valence-electron chi connectivity index (χ0n) is 22.6. The van der Waals surface area contributed by atoms with Crippen LogP contribution in [0.4, 0.5) is 4.79 Å². The fourth-order valence-electron chi connectivity index (χ4n) is 5.71. The van der Waals surface area contributed by atoms with E-state index in [-0.39, 0.29) is 13.0 Å². The quantitative estimate of drug-likeness (QED) is 0.267. The van der Waals surface area contributed by atoms with Gasteiger partial charge in [0.05, 0.1) is 19.6 Å². The van der Waals surface area contributed by atoms with E-state index in [4.69, 9.17) is 14.2 Å². The van der Waals surface area contributed by atoms with Crippen molar-refractivity contribution < 1.29 is 33.4 Å². The Hall–Kier alpha value is -3.68. The molecule has 4 rings (SSSR count). The van der Waals surface area contributed by atoms with Crippen LogP contribution < -0.4 is 9.47 Å². The Morgan fingerprint density at radius 3 is 1.74 bits per heavy atom. The van der Waals surface area contributed by atoms with Gasteiger partial charge in [-0.1, -0.05) is 54.6 Å². The number of nitrogens with zero attached hydrogens (tertiary/aromatic N) is 1. The van der Waals surface area contributed by atoms with Crippen molar-refractivity contribution >= 4 is 12.5 Å². The van der Waals surface area contributed by atoms with Crippen LogP contribution >= 0.6 is 0 Å². The van der Waals surface area contributed by atoms with Crippen molar-refractivity contribution in [2.45, 2.75) is 50.4 Å². The SMILES string of the molecule is COc1ccc(C(c2ccccc2)(c2ccc(OC)cc2)C2C[C@@H](O)C[N+]2(C=O)C(=O)OC(C)(C)C)cc1. The van der Waals surface area contributed by atoms with Crippen molar-refractivity contribution in [3.8, 4) is 11.5 Å². The largest absolute Gasteiger partial charge is 0.524 e. The Labute approximate surface area is 224 Å². The molecule has 2 unspecified atom stereocenters. The third-order valence-electron chi connectivity index (χ3n) is 7.31. The van der Waals surface area contributed by atoms with Crippen LogP contribution in [0.5, 0.6) is 11.5 Å². The summed E-state index contributed by atoms with van der Waals surface area (Å²) in [6.07, 6.45) is -0.737. The molecule has 0 saturated carbocycles. The summed E-state index contributed by atoms with van der Waals surface area (Å²) in [5.74, 6) is 1.36. The normalized spacial score (nSPS) is 21.5. The summed E-state index contributed by atoms with van der Waals surface area (Å²) < 4.78 is 16.0. The maximum absolute atomic E-state index is 13.9. The van der Waals surface area contributed by atoms with E-state index in [2.05, 4.69) is 0 Å². The topological polar surface area (TPSA) is 82.1 Å². The molecule has 3 atom stereocenters. The molecule has 200 valence electrons. The lowest BCUT2D eigenvalue weighted by Gasteiger charge is -2.45. The van der Waals surface area contributed by atoms with Crippen LogP contribution in [0.15, 0.2) is 78.9 Å². The molecule has 1 fully saturated rings. The smallest absolute Gasteiger partial charge is 0.497 e. The first-order chi connectivity index (χ1) is 18.1. The standard InChI is InChI=1S/C31H36NO6/c1-30(2,3)38-29(35)32(21-33)20-25(34)19-28(32)31(22-9-7-6-8-10-22,23-11-15-26(36-4)16-12-23)24-13-17-27(37-5)18-14-24/h6-18,21,25,28,34H,19-20H2,1-5H3/q+1/t25-,28?,32?/m1/s1. The number of methoxy groups -OCH3 is 2. The van der Waals surface area contributed by atoms with Gasteiger partial charge >= 0.3 is 12.5 Å². The van der Waals surface area contributed by atoms with Crippen molar-refractivity contribution in [3.63, 3.8) is 0 Å². The van der Waals surface area contributed by atoms with Gasteiger partial charge in [0.15, 0.2) is 0 Å². The van der Waals surface area contributed by atoms with Crippen LogP contribution in [0.2, 0.25) is 0 Å². The second-order valence-corrected chi connectivity index (χ2v) is 10.7. The molecule has 7 heteroatoms. The molecule has 0 aliphatic carbocycles. The number of likely N-dealkylation sites (tertiary alicyclic amines) is 1. The molecule has 3 aromatic carbocycles. The fourth-order valence-corrected chi connectivity index (χ4v) is 5.71. The monoisotopic (exact) mass is 518 g/mol. The summed E-state index contributed by atoms with van der Waals surface area (Å²) in [7, 11) is 3.21. The Kier molecular flexibility index (Phi) is 7.63. The van der Waals surface area contributed by atoms with Crippen LogP contribution in [0, 0.1) is 0 Å². The van der Waals surface area contributed by atoms with Crippen LogP contribution in [0.1, 0.15) is 43.9 Å². The van der Waals surface area contributed by atoms with E-state index < -0.39 is 33.7 Å². The number of aliphatic hydroxyl groups is 1.